The molecule has 0 aromatic heterocycles. The molecule has 0 aliphatic heterocycles. The molecule has 0 aliphatic carbocycles. The second-order valence-electron chi connectivity index (χ2n) is 5.69. The average Bonchev–Trinajstić information content (AvgIpc) is 2.55. The molecule has 0 N–H and O–H groups in total. The third-order valence-electron chi connectivity index (χ3n) is 3.64. The molecule has 1 rings (SSSR count). The van der Waals surface area contributed by atoms with Crippen molar-refractivity contribution in [1.29, 1.82) is 0 Å². The second-order valence-corrected chi connectivity index (χ2v) is 6.48. The third kappa shape index (κ3) is 10.1. The van der Waals surface area contributed by atoms with E-state index in [-0.39, 0.29) is 0 Å². The molecule has 0 radical (unpaired) electrons. The number of halogens is 1. The van der Waals surface area contributed by atoms with Crippen LogP contribution >= 0.6 is 15.9 Å². The standard InChI is InChI=1S/C19H31BrO2/c1-2-3-4-5-6-7-8-9-16-21-18-11-13-19(14-12-18)22-17-10-15-20/h11-14H,2-10,15-17H2,1H3. The minimum Gasteiger partial charge on any atom is -0.494 e. The molecule has 0 unspecified atom stereocenters. The lowest BCUT2D eigenvalue weighted by Crippen LogP contribution is -1.99. The predicted octanol–water partition coefficient (Wildman–Crippen LogP) is 6.37. The molecule has 0 atom stereocenters. The maximum Gasteiger partial charge on any atom is 0.119 e. The summed E-state index contributed by atoms with van der Waals surface area (Å²) in [6.45, 7) is 3.84. The third-order valence-corrected chi connectivity index (χ3v) is 4.20. The van der Waals surface area contributed by atoms with E-state index in [1.165, 1.54) is 44.9 Å². The molecule has 0 saturated carbocycles. The Bertz CT molecular complexity index is 351. The molecule has 0 amide bonds. The quantitative estimate of drug-likeness (QED) is 0.279. The Morgan fingerprint density at radius 1 is 0.682 bits per heavy atom. The number of benzene rings is 1. The van der Waals surface area contributed by atoms with Crippen LogP contribution in [0, 0.1) is 0 Å². The van der Waals surface area contributed by atoms with Crippen molar-refractivity contribution in [3.63, 3.8) is 0 Å². The molecule has 0 fully saturated rings. The first kappa shape index (κ1) is 19.3. The van der Waals surface area contributed by atoms with Gasteiger partial charge in [-0.15, -0.1) is 0 Å². The number of hydrogen-bond acceptors (Lipinski definition) is 2. The average molecular weight is 371 g/mol. The van der Waals surface area contributed by atoms with Gasteiger partial charge in [0.2, 0.25) is 0 Å². The van der Waals surface area contributed by atoms with Crippen LogP contribution in [0.1, 0.15) is 64.7 Å². The molecule has 1 aromatic rings. The van der Waals surface area contributed by atoms with Crippen LogP contribution in [0.25, 0.3) is 0 Å². The fraction of sp³-hybridized carbons (Fsp3) is 0.684. The SMILES string of the molecule is CCCCCCCCCCOc1ccc(OCCCBr)cc1. The van der Waals surface area contributed by atoms with Gasteiger partial charge in [-0.3, -0.25) is 0 Å². The number of ether oxygens (including phenoxy) is 2. The molecule has 0 bridgehead atoms. The highest BCUT2D eigenvalue weighted by molar-refractivity contribution is 9.09. The first-order valence-corrected chi connectivity index (χ1v) is 9.90. The molecule has 0 saturated heterocycles. The smallest absolute Gasteiger partial charge is 0.119 e. The monoisotopic (exact) mass is 370 g/mol. The maximum atomic E-state index is 5.77. The molecule has 0 aliphatic rings. The van der Waals surface area contributed by atoms with Gasteiger partial charge >= 0.3 is 0 Å². The normalized spacial score (nSPS) is 10.6. The van der Waals surface area contributed by atoms with Gasteiger partial charge in [0.25, 0.3) is 0 Å². The van der Waals surface area contributed by atoms with Gasteiger partial charge in [-0.1, -0.05) is 67.8 Å². The summed E-state index contributed by atoms with van der Waals surface area (Å²) >= 11 is 3.40. The molecular weight excluding hydrogens is 340 g/mol. The fourth-order valence-corrected chi connectivity index (χ4v) is 2.53. The van der Waals surface area contributed by atoms with Crippen molar-refractivity contribution in [2.45, 2.75) is 64.7 Å². The highest BCUT2D eigenvalue weighted by Gasteiger charge is 1.97. The zero-order valence-electron chi connectivity index (χ0n) is 14.0. The summed E-state index contributed by atoms with van der Waals surface area (Å²) in [5.74, 6) is 1.86. The van der Waals surface area contributed by atoms with E-state index >= 15 is 0 Å². The van der Waals surface area contributed by atoms with E-state index < -0.39 is 0 Å². The molecule has 126 valence electrons. The van der Waals surface area contributed by atoms with Crippen LogP contribution in [0.4, 0.5) is 0 Å². The van der Waals surface area contributed by atoms with E-state index in [0.29, 0.717) is 0 Å². The summed E-state index contributed by atoms with van der Waals surface area (Å²) in [7, 11) is 0. The number of rotatable bonds is 14. The van der Waals surface area contributed by atoms with Crippen LogP contribution in [0.2, 0.25) is 0 Å². The van der Waals surface area contributed by atoms with Crippen LogP contribution in [0.5, 0.6) is 11.5 Å². The van der Waals surface area contributed by atoms with Crippen molar-refractivity contribution in [2.75, 3.05) is 18.5 Å². The Labute approximate surface area is 144 Å². The van der Waals surface area contributed by atoms with Crippen molar-refractivity contribution in [1.82, 2.24) is 0 Å². The van der Waals surface area contributed by atoms with Crippen molar-refractivity contribution in [3.8, 4) is 11.5 Å². The van der Waals surface area contributed by atoms with Gasteiger partial charge in [0.05, 0.1) is 13.2 Å². The zero-order chi connectivity index (χ0) is 15.9. The lowest BCUT2D eigenvalue weighted by molar-refractivity contribution is 0.300. The predicted molar refractivity (Wildman–Crippen MR) is 98.5 cm³/mol. The first-order valence-electron chi connectivity index (χ1n) is 8.78. The lowest BCUT2D eigenvalue weighted by Gasteiger charge is -2.08. The Kier molecular flexibility index (Phi) is 12.2. The summed E-state index contributed by atoms with van der Waals surface area (Å²) < 4.78 is 11.4. The van der Waals surface area contributed by atoms with Gasteiger partial charge in [0, 0.05) is 5.33 Å². The Morgan fingerprint density at radius 2 is 1.14 bits per heavy atom. The molecule has 0 spiro atoms. The van der Waals surface area contributed by atoms with Crippen molar-refractivity contribution in [2.24, 2.45) is 0 Å². The summed E-state index contributed by atoms with van der Waals surface area (Å²) in [5.41, 5.74) is 0. The minimum absolute atomic E-state index is 0.754. The molecule has 0 heterocycles. The van der Waals surface area contributed by atoms with Crippen molar-refractivity contribution < 1.29 is 9.47 Å². The maximum absolute atomic E-state index is 5.77. The minimum atomic E-state index is 0.754. The van der Waals surface area contributed by atoms with Gasteiger partial charge in [-0.05, 0) is 37.1 Å². The van der Waals surface area contributed by atoms with E-state index in [2.05, 4.69) is 22.9 Å². The number of alkyl halides is 1. The lowest BCUT2D eigenvalue weighted by atomic mass is 10.1. The molecular formula is C19H31BrO2. The van der Waals surface area contributed by atoms with Crippen LogP contribution in [0.15, 0.2) is 24.3 Å². The molecule has 22 heavy (non-hydrogen) atoms. The topological polar surface area (TPSA) is 18.5 Å². The van der Waals surface area contributed by atoms with Gasteiger partial charge < -0.3 is 9.47 Å². The van der Waals surface area contributed by atoms with E-state index in [1.54, 1.807) is 0 Å². The van der Waals surface area contributed by atoms with Gasteiger partial charge in [0.15, 0.2) is 0 Å². The largest absolute Gasteiger partial charge is 0.494 e. The Hall–Kier alpha value is -0.700. The summed E-state index contributed by atoms with van der Waals surface area (Å²) in [6.07, 6.45) is 11.7. The van der Waals surface area contributed by atoms with E-state index in [9.17, 15) is 0 Å². The van der Waals surface area contributed by atoms with Crippen LogP contribution < -0.4 is 9.47 Å². The summed E-state index contributed by atoms with van der Waals surface area (Å²) in [6, 6.07) is 7.96. The molecule has 1 aromatic carbocycles. The van der Waals surface area contributed by atoms with E-state index in [4.69, 9.17) is 9.47 Å². The van der Waals surface area contributed by atoms with Gasteiger partial charge in [0.1, 0.15) is 11.5 Å². The Morgan fingerprint density at radius 3 is 1.64 bits per heavy atom. The number of hydrogen-bond donors (Lipinski definition) is 0. The van der Waals surface area contributed by atoms with Crippen LogP contribution in [-0.2, 0) is 0 Å². The summed E-state index contributed by atoms with van der Waals surface area (Å²) in [5, 5.41) is 0.979. The van der Waals surface area contributed by atoms with Crippen molar-refractivity contribution >= 4 is 15.9 Å². The highest BCUT2D eigenvalue weighted by Crippen LogP contribution is 2.18. The molecule has 3 heteroatoms. The molecule has 2 nitrogen and oxygen atoms in total. The van der Waals surface area contributed by atoms with Gasteiger partial charge in [-0.2, -0.15) is 0 Å². The van der Waals surface area contributed by atoms with Crippen molar-refractivity contribution in [3.05, 3.63) is 24.3 Å². The first-order chi connectivity index (χ1) is 10.9. The Balaban J connectivity index is 2.00. The zero-order valence-corrected chi connectivity index (χ0v) is 15.6. The van der Waals surface area contributed by atoms with Crippen LogP contribution in [-0.4, -0.2) is 18.5 Å². The van der Waals surface area contributed by atoms with Gasteiger partial charge in [-0.25, -0.2) is 0 Å². The van der Waals surface area contributed by atoms with E-state index in [0.717, 1.165) is 42.9 Å². The van der Waals surface area contributed by atoms with Crippen LogP contribution in [0.3, 0.4) is 0 Å². The second kappa shape index (κ2) is 13.9. The number of unbranched alkanes of at least 4 members (excludes halogenated alkanes) is 7. The fourth-order valence-electron chi connectivity index (χ4n) is 2.30. The highest BCUT2D eigenvalue weighted by atomic mass is 79.9. The summed E-state index contributed by atoms with van der Waals surface area (Å²) in [4.78, 5) is 0. The van der Waals surface area contributed by atoms with E-state index in [1.807, 2.05) is 24.3 Å².